The number of anilines is 2. The molecule has 0 amide bonds. The molecule has 19 heavy (non-hydrogen) atoms. The Bertz CT molecular complexity index is 470. The molecule has 1 aromatic carbocycles. The van der Waals surface area contributed by atoms with Gasteiger partial charge in [-0.15, -0.1) is 0 Å². The van der Waals surface area contributed by atoms with Gasteiger partial charge in [0, 0.05) is 16.9 Å². The number of nitrogen functional groups attached to an aromatic ring is 2. The van der Waals surface area contributed by atoms with E-state index in [1.54, 1.807) is 0 Å². The molecule has 1 aromatic rings. The summed E-state index contributed by atoms with van der Waals surface area (Å²) in [5.41, 5.74) is 4.31. The summed E-state index contributed by atoms with van der Waals surface area (Å²) < 4.78 is 75.2. The van der Waals surface area contributed by atoms with E-state index < -0.39 is 35.6 Å². The second-order valence-corrected chi connectivity index (χ2v) is 4.00. The topological polar surface area (TPSA) is 72.3 Å². The molecule has 0 aliphatic carbocycles. The van der Waals surface area contributed by atoms with Crippen LogP contribution in [0.5, 0.6) is 0 Å². The summed E-state index contributed by atoms with van der Waals surface area (Å²) in [5.74, 6) is 0. The third-order valence-electron chi connectivity index (χ3n) is 2.45. The summed E-state index contributed by atoms with van der Waals surface area (Å²) in [4.78, 5) is 0. The van der Waals surface area contributed by atoms with Gasteiger partial charge in [0.25, 0.3) is 0 Å². The van der Waals surface area contributed by atoms with Gasteiger partial charge in [0.15, 0.2) is 5.60 Å². The van der Waals surface area contributed by atoms with E-state index >= 15 is 0 Å². The standard InChI is InChI=1S/C10H10F6N2O/c11-9(12,13)4-8(19,10(14,15)16)6-3-5(17)1-2-7(6)18/h1-3,19H,4,17-18H2. The smallest absolute Gasteiger partial charge is 0.399 e. The van der Waals surface area contributed by atoms with Crippen molar-refractivity contribution < 1.29 is 31.4 Å². The second kappa shape index (κ2) is 4.48. The van der Waals surface area contributed by atoms with Crippen molar-refractivity contribution in [1.29, 1.82) is 0 Å². The summed E-state index contributed by atoms with van der Waals surface area (Å²) in [7, 11) is 0. The Kier molecular flexibility index (Phi) is 3.63. The number of benzene rings is 1. The maximum absolute atomic E-state index is 12.8. The summed E-state index contributed by atoms with van der Waals surface area (Å²) in [6.07, 6.45) is -13.3. The summed E-state index contributed by atoms with van der Waals surface area (Å²) >= 11 is 0. The first kappa shape index (κ1) is 15.4. The average molecular weight is 288 g/mol. The SMILES string of the molecule is Nc1ccc(N)c(C(O)(CC(F)(F)F)C(F)(F)F)c1. The van der Waals surface area contributed by atoms with Crippen LogP contribution in [0.15, 0.2) is 18.2 Å². The lowest BCUT2D eigenvalue weighted by Crippen LogP contribution is -2.46. The van der Waals surface area contributed by atoms with Crippen LogP contribution >= 0.6 is 0 Å². The number of rotatable bonds is 2. The van der Waals surface area contributed by atoms with Gasteiger partial charge in [0.2, 0.25) is 0 Å². The average Bonchev–Trinajstić information content (AvgIpc) is 2.17. The molecule has 0 aromatic heterocycles. The largest absolute Gasteiger partial charge is 0.421 e. The van der Waals surface area contributed by atoms with Crippen LogP contribution < -0.4 is 11.5 Å². The highest BCUT2D eigenvalue weighted by molar-refractivity contribution is 5.58. The fraction of sp³-hybridized carbons (Fsp3) is 0.400. The minimum absolute atomic E-state index is 0.242. The van der Waals surface area contributed by atoms with Crippen molar-refractivity contribution in [3.8, 4) is 0 Å². The van der Waals surface area contributed by atoms with Gasteiger partial charge >= 0.3 is 12.4 Å². The molecule has 9 heteroatoms. The molecule has 1 rings (SSSR count). The highest BCUT2D eigenvalue weighted by atomic mass is 19.4. The Morgan fingerprint density at radius 3 is 1.95 bits per heavy atom. The number of hydrogen-bond acceptors (Lipinski definition) is 3. The molecular formula is C10H10F6N2O. The quantitative estimate of drug-likeness (QED) is 0.578. The molecule has 5 N–H and O–H groups in total. The van der Waals surface area contributed by atoms with Crippen molar-refractivity contribution in [3.63, 3.8) is 0 Å². The highest BCUT2D eigenvalue weighted by Gasteiger charge is 2.60. The van der Waals surface area contributed by atoms with Gasteiger partial charge in [0.05, 0.1) is 6.42 Å². The summed E-state index contributed by atoms with van der Waals surface area (Å²) in [6, 6.07) is 2.59. The number of hydrogen-bond donors (Lipinski definition) is 3. The predicted molar refractivity (Wildman–Crippen MR) is 55.9 cm³/mol. The first-order valence-electron chi connectivity index (χ1n) is 4.88. The highest BCUT2D eigenvalue weighted by Crippen LogP contribution is 2.48. The number of aliphatic hydroxyl groups is 1. The van der Waals surface area contributed by atoms with E-state index in [0.29, 0.717) is 6.07 Å². The van der Waals surface area contributed by atoms with Crippen LogP contribution in [0.25, 0.3) is 0 Å². The van der Waals surface area contributed by atoms with Crippen LogP contribution in [0.2, 0.25) is 0 Å². The van der Waals surface area contributed by atoms with Crippen LogP contribution in [-0.4, -0.2) is 17.5 Å². The van der Waals surface area contributed by atoms with Crippen molar-refractivity contribution in [2.45, 2.75) is 24.4 Å². The normalized spacial score (nSPS) is 16.2. The first-order valence-corrected chi connectivity index (χ1v) is 4.88. The van der Waals surface area contributed by atoms with Crippen molar-refractivity contribution in [3.05, 3.63) is 23.8 Å². The molecule has 0 fully saturated rings. The third kappa shape index (κ3) is 3.22. The molecule has 1 unspecified atom stereocenters. The zero-order chi connectivity index (χ0) is 15.1. The van der Waals surface area contributed by atoms with Crippen molar-refractivity contribution in [2.24, 2.45) is 0 Å². The maximum atomic E-state index is 12.8. The maximum Gasteiger partial charge on any atom is 0.421 e. The second-order valence-electron chi connectivity index (χ2n) is 4.00. The lowest BCUT2D eigenvalue weighted by atomic mass is 9.88. The van der Waals surface area contributed by atoms with Crippen molar-refractivity contribution in [1.82, 2.24) is 0 Å². The first-order chi connectivity index (χ1) is 8.37. The lowest BCUT2D eigenvalue weighted by Gasteiger charge is -2.32. The van der Waals surface area contributed by atoms with Crippen LogP contribution in [0.1, 0.15) is 12.0 Å². The predicted octanol–water partition coefficient (Wildman–Crippen LogP) is 2.55. The van der Waals surface area contributed by atoms with E-state index in [1.165, 1.54) is 0 Å². The number of halogens is 6. The van der Waals surface area contributed by atoms with Gasteiger partial charge < -0.3 is 16.6 Å². The Morgan fingerprint density at radius 2 is 1.53 bits per heavy atom. The van der Waals surface area contributed by atoms with Gasteiger partial charge in [-0.2, -0.15) is 26.3 Å². The molecule has 0 saturated heterocycles. The van der Waals surface area contributed by atoms with Gasteiger partial charge in [-0.1, -0.05) is 0 Å². The van der Waals surface area contributed by atoms with E-state index in [9.17, 15) is 31.4 Å². The van der Waals surface area contributed by atoms with Gasteiger partial charge in [0.1, 0.15) is 0 Å². The number of alkyl halides is 6. The van der Waals surface area contributed by atoms with E-state index in [-0.39, 0.29) is 5.69 Å². The van der Waals surface area contributed by atoms with Gasteiger partial charge in [-0.3, -0.25) is 0 Å². The fourth-order valence-electron chi connectivity index (χ4n) is 1.57. The van der Waals surface area contributed by atoms with Crippen LogP contribution in [-0.2, 0) is 5.60 Å². The van der Waals surface area contributed by atoms with Crippen LogP contribution in [0.4, 0.5) is 37.7 Å². The Labute approximate surface area is 103 Å². The third-order valence-corrected chi connectivity index (χ3v) is 2.45. The number of nitrogens with two attached hydrogens (primary N) is 2. The van der Waals surface area contributed by atoms with Gasteiger partial charge in [-0.25, -0.2) is 0 Å². The van der Waals surface area contributed by atoms with Gasteiger partial charge in [-0.05, 0) is 18.2 Å². The Hall–Kier alpha value is -1.64. The molecule has 0 bridgehead atoms. The molecule has 0 aliphatic rings. The summed E-state index contributed by atoms with van der Waals surface area (Å²) in [5, 5.41) is 9.48. The molecule has 0 heterocycles. The van der Waals surface area contributed by atoms with Crippen molar-refractivity contribution >= 4 is 11.4 Å². The molecular weight excluding hydrogens is 278 g/mol. The van der Waals surface area contributed by atoms with Crippen LogP contribution in [0, 0.1) is 0 Å². The van der Waals surface area contributed by atoms with Crippen LogP contribution in [0.3, 0.4) is 0 Å². The minimum atomic E-state index is -5.55. The molecule has 0 spiro atoms. The molecule has 0 aliphatic heterocycles. The Balaban J connectivity index is 3.44. The molecule has 3 nitrogen and oxygen atoms in total. The zero-order valence-electron chi connectivity index (χ0n) is 9.31. The molecule has 1 atom stereocenters. The fourth-order valence-corrected chi connectivity index (χ4v) is 1.57. The Morgan fingerprint density at radius 1 is 1.00 bits per heavy atom. The molecule has 0 radical (unpaired) electrons. The lowest BCUT2D eigenvalue weighted by molar-refractivity contribution is -0.300. The molecule has 108 valence electrons. The minimum Gasteiger partial charge on any atom is -0.399 e. The monoisotopic (exact) mass is 288 g/mol. The van der Waals surface area contributed by atoms with E-state index in [4.69, 9.17) is 11.5 Å². The van der Waals surface area contributed by atoms with E-state index in [2.05, 4.69) is 0 Å². The van der Waals surface area contributed by atoms with Crippen molar-refractivity contribution in [2.75, 3.05) is 11.5 Å². The zero-order valence-corrected chi connectivity index (χ0v) is 9.31. The summed E-state index contributed by atoms with van der Waals surface area (Å²) in [6.45, 7) is 0. The van der Waals surface area contributed by atoms with E-state index in [1.807, 2.05) is 0 Å². The van der Waals surface area contributed by atoms with E-state index in [0.717, 1.165) is 12.1 Å². The molecule has 0 saturated carbocycles.